The SMILES string of the molecule is CC1c2cc(Br)ccc2C(=O)N1[C@@H](CCC(=O)O)C(N)=O. The molecule has 0 bridgehead atoms. The van der Waals surface area contributed by atoms with Crippen LogP contribution in [0.3, 0.4) is 0 Å². The van der Waals surface area contributed by atoms with Gasteiger partial charge in [0.2, 0.25) is 5.91 Å². The average molecular weight is 355 g/mol. The topological polar surface area (TPSA) is 101 Å². The summed E-state index contributed by atoms with van der Waals surface area (Å²) in [7, 11) is 0. The van der Waals surface area contributed by atoms with Gasteiger partial charge in [-0.15, -0.1) is 0 Å². The minimum Gasteiger partial charge on any atom is -0.481 e. The maximum atomic E-state index is 12.5. The number of carbonyl (C=O) groups is 3. The highest BCUT2D eigenvalue weighted by Crippen LogP contribution is 2.37. The fraction of sp³-hybridized carbons (Fsp3) is 0.357. The molecule has 2 rings (SSSR count). The van der Waals surface area contributed by atoms with Crippen LogP contribution < -0.4 is 5.73 Å². The van der Waals surface area contributed by atoms with Crippen LogP contribution in [-0.2, 0) is 9.59 Å². The van der Waals surface area contributed by atoms with Gasteiger partial charge in [-0.2, -0.15) is 0 Å². The molecule has 1 aromatic carbocycles. The Hall–Kier alpha value is -1.89. The second kappa shape index (κ2) is 5.85. The zero-order valence-corrected chi connectivity index (χ0v) is 13.0. The first-order valence-corrected chi connectivity index (χ1v) is 7.25. The van der Waals surface area contributed by atoms with Crippen molar-refractivity contribution >= 4 is 33.7 Å². The molecule has 21 heavy (non-hydrogen) atoms. The number of carboxylic acids is 1. The Morgan fingerprint density at radius 3 is 2.71 bits per heavy atom. The number of aliphatic carboxylic acids is 1. The normalized spacial score (nSPS) is 18.5. The van der Waals surface area contributed by atoms with Crippen molar-refractivity contribution in [2.24, 2.45) is 5.73 Å². The zero-order chi connectivity index (χ0) is 15.7. The van der Waals surface area contributed by atoms with E-state index >= 15 is 0 Å². The van der Waals surface area contributed by atoms with E-state index in [0.29, 0.717) is 5.56 Å². The van der Waals surface area contributed by atoms with Gasteiger partial charge in [-0.25, -0.2) is 0 Å². The highest BCUT2D eigenvalue weighted by molar-refractivity contribution is 9.10. The molecule has 0 aliphatic carbocycles. The lowest BCUT2D eigenvalue weighted by Gasteiger charge is -2.29. The van der Waals surface area contributed by atoms with E-state index in [2.05, 4.69) is 15.9 Å². The van der Waals surface area contributed by atoms with Crippen LogP contribution in [0.15, 0.2) is 22.7 Å². The van der Waals surface area contributed by atoms with Crippen LogP contribution in [0.4, 0.5) is 0 Å². The molecule has 0 aromatic heterocycles. The molecule has 7 heteroatoms. The summed E-state index contributed by atoms with van der Waals surface area (Å²) in [5.74, 6) is -2.01. The number of rotatable bonds is 5. The number of benzene rings is 1. The molecule has 2 amide bonds. The van der Waals surface area contributed by atoms with Gasteiger partial charge in [0.05, 0.1) is 6.04 Å². The molecule has 6 nitrogen and oxygen atoms in total. The van der Waals surface area contributed by atoms with Crippen molar-refractivity contribution in [1.82, 2.24) is 4.90 Å². The fourth-order valence-electron chi connectivity index (χ4n) is 2.63. The Morgan fingerprint density at radius 1 is 1.48 bits per heavy atom. The third-order valence-electron chi connectivity index (χ3n) is 3.64. The summed E-state index contributed by atoms with van der Waals surface area (Å²) in [6.45, 7) is 1.80. The molecule has 112 valence electrons. The smallest absolute Gasteiger partial charge is 0.303 e. The summed E-state index contributed by atoms with van der Waals surface area (Å²) in [6.07, 6.45) is -0.208. The molecule has 3 N–H and O–H groups in total. The number of nitrogens with zero attached hydrogens (tertiary/aromatic N) is 1. The van der Waals surface area contributed by atoms with Crippen molar-refractivity contribution in [3.05, 3.63) is 33.8 Å². The Morgan fingerprint density at radius 2 is 2.14 bits per heavy atom. The van der Waals surface area contributed by atoms with E-state index in [9.17, 15) is 14.4 Å². The number of halogens is 1. The molecular weight excluding hydrogens is 340 g/mol. The predicted octanol–water partition coefficient (Wildman–Crippen LogP) is 1.68. The summed E-state index contributed by atoms with van der Waals surface area (Å²) in [5.41, 5.74) is 6.68. The highest BCUT2D eigenvalue weighted by atomic mass is 79.9. The van der Waals surface area contributed by atoms with Crippen LogP contribution in [-0.4, -0.2) is 33.8 Å². The van der Waals surface area contributed by atoms with E-state index in [1.807, 2.05) is 6.07 Å². The lowest BCUT2D eigenvalue weighted by Crippen LogP contribution is -2.46. The van der Waals surface area contributed by atoms with Crippen molar-refractivity contribution in [2.45, 2.75) is 31.8 Å². The number of nitrogens with two attached hydrogens (primary N) is 1. The molecule has 0 fully saturated rings. The lowest BCUT2D eigenvalue weighted by atomic mass is 10.0. The second-order valence-electron chi connectivity index (χ2n) is 4.97. The van der Waals surface area contributed by atoms with Crippen LogP contribution >= 0.6 is 15.9 Å². The van der Waals surface area contributed by atoms with E-state index in [1.165, 1.54) is 4.90 Å². The van der Waals surface area contributed by atoms with Gasteiger partial charge in [-0.1, -0.05) is 15.9 Å². The molecule has 1 aromatic rings. The van der Waals surface area contributed by atoms with E-state index < -0.39 is 17.9 Å². The molecule has 1 aliphatic heterocycles. The maximum absolute atomic E-state index is 12.5. The van der Waals surface area contributed by atoms with Gasteiger partial charge in [0.25, 0.3) is 5.91 Å². The quantitative estimate of drug-likeness (QED) is 0.839. The maximum Gasteiger partial charge on any atom is 0.303 e. The summed E-state index contributed by atoms with van der Waals surface area (Å²) in [5, 5.41) is 8.77. The number of carboxylic acid groups (broad SMARTS) is 1. The van der Waals surface area contributed by atoms with Crippen molar-refractivity contribution in [3.63, 3.8) is 0 Å². The Labute approximate surface area is 130 Å². The third kappa shape index (κ3) is 2.92. The minimum atomic E-state index is -1.03. The number of hydrogen-bond acceptors (Lipinski definition) is 3. The van der Waals surface area contributed by atoms with Crippen LogP contribution in [0.1, 0.15) is 41.7 Å². The van der Waals surface area contributed by atoms with Gasteiger partial charge in [-0.3, -0.25) is 14.4 Å². The zero-order valence-electron chi connectivity index (χ0n) is 11.4. The summed E-state index contributed by atoms with van der Waals surface area (Å²) in [4.78, 5) is 36.2. The second-order valence-corrected chi connectivity index (χ2v) is 5.89. The van der Waals surface area contributed by atoms with E-state index in [4.69, 9.17) is 10.8 Å². The molecule has 0 saturated carbocycles. The van der Waals surface area contributed by atoms with Crippen molar-refractivity contribution in [1.29, 1.82) is 0 Å². The van der Waals surface area contributed by atoms with Crippen molar-refractivity contribution in [2.75, 3.05) is 0 Å². The summed E-state index contributed by atoms with van der Waals surface area (Å²) < 4.78 is 0.837. The molecular formula is C14H15BrN2O4. The Bertz CT molecular complexity index is 617. The van der Waals surface area contributed by atoms with Gasteiger partial charge in [0.1, 0.15) is 6.04 Å². The first-order valence-electron chi connectivity index (χ1n) is 6.46. The van der Waals surface area contributed by atoms with Gasteiger partial charge in [-0.05, 0) is 37.1 Å². The van der Waals surface area contributed by atoms with Crippen molar-refractivity contribution < 1.29 is 19.5 Å². The van der Waals surface area contributed by atoms with E-state index in [-0.39, 0.29) is 24.8 Å². The largest absolute Gasteiger partial charge is 0.481 e. The predicted molar refractivity (Wildman–Crippen MR) is 78.6 cm³/mol. The lowest BCUT2D eigenvalue weighted by molar-refractivity contribution is -0.137. The van der Waals surface area contributed by atoms with Crippen LogP contribution in [0, 0.1) is 0 Å². The molecule has 1 aliphatic rings. The molecule has 2 atom stereocenters. The molecule has 1 heterocycles. The van der Waals surface area contributed by atoms with Crippen molar-refractivity contribution in [3.8, 4) is 0 Å². The molecule has 0 radical (unpaired) electrons. The third-order valence-corrected chi connectivity index (χ3v) is 4.13. The molecule has 1 unspecified atom stereocenters. The van der Waals surface area contributed by atoms with Gasteiger partial charge < -0.3 is 15.7 Å². The summed E-state index contributed by atoms with van der Waals surface area (Å²) >= 11 is 3.35. The standard InChI is InChI=1S/C14H15BrN2O4/c1-7-10-6-8(15)2-3-9(10)14(21)17(7)11(13(16)20)4-5-12(18)19/h2-3,6-7,11H,4-5H2,1H3,(H2,16,20)(H,18,19)/t7?,11-/m0/s1. The average Bonchev–Trinajstić information content (AvgIpc) is 2.63. The number of amides is 2. The number of fused-ring (bicyclic) bond motifs is 1. The summed E-state index contributed by atoms with van der Waals surface area (Å²) in [6, 6.07) is 4.02. The van der Waals surface area contributed by atoms with Crippen LogP contribution in [0.25, 0.3) is 0 Å². The van der Waals surface area contributed by atoms with Gasteiger partial charge >= 0.3 is 5.97 Å². The molecule has 0 saturated heterocycles. The first-order chi connectivity index (χ1) is 9.82. The van der Waals surface area contributed by atoms with E-state index in [0.717, 1.165) is 10.0 Å². The first kappa shape index (κ1) is 15.5. The minimum absolute atomic E-state index is 0.00983. The van der Waals surface area contributed by atoms with Gasteiger partial charge in [0, 0.05) is 16.5 Å². The molecule has 0 spiro atoms. The Balaban J connectivity index is 2.33. The van der Waals surface area contributed by atoms with Crippen LogP contribution in [0.5, 0.6) is 0 Å². The monoisotopic (exact) mass is 354 g/mol. The number of primary amides is 1. The van der Waals surface area contributed by atoms with Crippen LogP contribution in [0.2, 0.25) is 0 Å². The Kier molecular flexibility index (Phi) is 4.32. The van der Waals surface area contributed by atoms with E-state index in [1.54, 1.807) is 19.1 Å². The van der Waals surface area contributed by atoms with Gasteiger partial charge in [0.15, 0.2) is 0 Å². The highest BCUT2D eigenvalue weighted by Gasteiger charge is 2.40. The fourth-order valence-corrected chi connectivity index (χ4v) is 3.01. The number of carbonyl (C=O) groups excluding carboxylic acids is 2. The number of hydrogen-bond donors (Lipinski definition) is 2.